The molecule has 0 saturated heterocycles. The van der Waals surface area contributed by atoms with Crippen LogP contribution < -0.4 is 5.32 Å². The number of nitrogens with one attached hydrogen (secondary N) is 1. The third-order valence-corrected chi connectivity index (χ3v) is 3.87. The minimum Gasteiger partial charge on any atom is -0.307 e. The Morgan fingerprint density at radius 3 is 1.95 bits per heavy atom. The van der Waals surface area contributed by atoms with Crippen molar-refractivity contribution < 1.29 is 13.2 Å². The highest BCUT2D eigenvalue weighted by Crippen LogP contribution is 2.38. The first kappa shape index (κ1) is 16.4. The van der Waals surface area contributed by atoms with Crippen molar-refractivity contribution in [3.05, 3.63) is 15.6 Å². The molecule has 0 aromatic carbocycles. The van der Waals surface area contributed by atoms with Gasteiger partial charge in [0.25, 0.3) is 0 Å². The van der Waals surface area contributed by atoms with Gasteiger partial charge in [-0.15, -0.1) is 11.3 Å². The van der Waals surface area contributed by atoms with Gasteiger partial charge >= 0.3 is 6.18 Å². The molecule has 0 aliphatic heterocycles. The molecule has 0 saturated carbocycles. The average Bonchev–Trinajstić information content (AvgIpc) is 2.55. The first-order valence-corrected chi connectivity index (χ1v) is 6.95. The highest BCUT2D eigenvalue weighted by atomic mass is 32.1. The van der Waals surface area contributed by atoms with E-state index in [0.717, 1.165) is 11.3 Å². The Kier molecular flexibility index (Phi) is 4.37. The van der Waals surface area contributed by atoms with E-state index < -0.39 is 11.9 Å². The second kappa shape index (κ2) is 5.05. The van der Waals surface area contributed by atoms with Crippen molar-refractivity contribution in [2.75, 3.05) is 0 Å². The van der Waals surface area contributed by atoms with E-state index in [2.05, 4.69) is 10.3 Å². The molecule has 1 heterocycles. The van der Waals surface area contributed by atoms with Crippen molar-refractivity contribution in [2.24, 2.45) is 0 Å². The summed E-state index contributed by atoms with van der Waals surface area (Å²) in [6.45, 7) is 11.6. The summed E-state index contributed by atoms with van der Waals surface area (Å²) in [5, 5.41) is 3.60. The Balaban J connectivity index is 3.11. The highest BCUT2D eigenvalue weighted by Gasteiger charge is 2.38. The zero-order chi connectivity index (χ0) is 15.1. The summed E-state index contributed by atoms with van der Waals surface area (Å²) in [6, 6.07) is 0. The predicted molar refractivity (Wildman–Crippen MR) is 72.4 cm³/mol. The Morgan fingerprint density at radius 1 is 1.05 bits per heavy atom. The Labute approximate surface area is 116 Å². The van der Waals surface area contributed by atoms with Gasteiger partial charge in [-0.25, -0.2) is 4.98 Å². The second-order valence-electron chi connectivity index (χ2n) is 6.64. The largest absolute Gasteiger partial charge is 0.434 e. The fraction of sp³-hybridized carbons (Fsp3) is 0.769. The van der Waals surface area contributed by atoms with E-state index in [-0.39, 0.29) is 22.4 Å². The number of rotatable bonds is 2. The Hall–Kier alpha value is -0.620. The van der Waals surface area contributed by atoms with Crippen LogP contribution in [0.2, 0.25) is 0 Å². The van der Waals surface area contributed by atoms with Crippen LogP contribution in [0, 0.1) is 0 Å². The first-order valence-electron chi connectivity index (χ1n) is 6.13. The van der Waals surface area contributed by atoms with Crippen LogP contribution >= 0.6 is 11.3 Å². The molecule has 0 amide bonds. The number of nitrogens with zero attached hydrogens (tertiary/aromatic N) is 1. The highest BCUT2D eigenvalue weighted by molar-refractivity contribution is 7.11. The van der Waals surface area contributed by atoms with Crippen LogP contribution in [-0.2, 0) is 18.1 Å². The van der Waals surface area contributed by atoms with Crippen molar-refractivity contribution in [1.82, 2.24) is 10.3 Å². The summed E-state index contributed by atoms with van der Waals surface area (Å²) in [6.07, 6.45) is -4.39. The Morgan fingerprint density at radius 2 is 1.58 bits per heavy atom. The van der Waals surface area contributed by atoms with Crippen LogP contribution in [0.4, 0.5) is 13.2 Å². The average molecular weight is 294 g/mol. The summed E-state index contributed by atoms with van der Waals surface area (Å²) in [7, 11) is 0. The van der Waals surface area contributed by atoms with Crippen LogP contribution in [0.15, 0.2) is 0 Å². The zero-order valence-electron chi connectivity index (χ0n) is 12.2. The molecule has 0 spiro atoms. The fourth-order valence-electron chi connectivity index (χ4n) is 1.36. The number of thiazole rings is 1. The van der Waals surface area contributed by atoms with Crippen molar-refractivity contribution in [2.45, 2.75) is 65.2 Å². The Bertz CT molecular complexity index is 436. The van der Waals surface area contributed by atoms with E-state index >= 15 is 0 Å². The summed E-state index contributed by atoms with van der Waals surface area (Å²) < 4.78 is 39.0. The van der Waals surface area contributed by atoms with Gasteiger partial charge in [0.1, 0.15) is 0 Å². The molecule has 0 bridgehead atoms. The number of alkyl halides is 3. The van der Waals surface area contributed by atoms with Gasteiger partial charge in [0, 0.05) is 17.5 Å². The standard InChI is InChI=1S/C13H21F3N2S/c1-11(2,3)10-18-9(13(14,15)16)8(19-10)7-17-12(4,5)6/h17H,7H2,1-6H3. The third kappa shape index (κ3) is 4.76. The van der Waals surface area contributed by atoms with E-state index in [4.69, 9.17) is 0 Å². The smallest absolute Gasteiger partial charge is 0.307 e. The lowest BCUT2D eigenvalue weighted by molar-refractivity contribution is -0.141. The SMILES string of the molecule is CC(C)(C)NCc1sc(C(C)(C)C)nc1C(F)(F)F. The topological polar surface area (TPSA) is 24.9 Å². The van der Waals surface area contributed by atoms with Gasteiger partial charge in [0.05, 0.1) is 9.88 Å². The van der Waals surface area contributed by atoms with Gasteiger partial charge < -0.3 is 5.32 Å². The molecule has 2 nitrogen and oxygen atoms in total. The number of halogens is 3. The van der Waals surface area contributed by atoms with E-state index in [1.54, 1.807) is 0 Å². The van der Waals surface area contributed by atoms with Gasteiger partial charge in [0.15, 0.2) is 5.69 Å². The molecule has 6 heteroatoms. The maximum Gasteiger partial charge on any atom is 0.434 e. The minimum absolute atomic E-state index is 0.187. The van der Waals surface area contributed by atoms with Crippen molar-refractivity contribution in [3.63, 3.8) is 0 Å². The van der Waals surface area contributed by atoms with Crippen molar-refractivity contribution >= 4 is 11.3 Å². The van der Waals surface area contributed by atoms with Gasteiger partial charge in [-0.05, 0) is 20.8 Å². The van der Waals surface area contributed by atoms with E-state index in [1.807, 2.05) is 41.5 Å². The van der Waals surface area contributed by atoms with Crippen LogP contribution in [0.1, 0.15) is 57.1 Å². The molecule has 0 unspecified atom stereocenters. The second-order valence-corrected chi connectivity index (χ2v) is 7.73. The molecule has 0 fully saturated rings. The fourth-order valence-corrected chi connectivity index (χ4v) is 2.44. The monoisotopic (exact) mass is 294 g/mol. The molecule has 19 heavy (non-hydrogen) atoms. The molecular formula is C13H21F3N2S. The maximum atomic E-state index is 13.0. The van der Waals surface area contributed by atoms with Crippen molar-refractivity contribution in [1.29, 1.82) is 0 Å². The molecule has 1 N–H and O–H groups in total. The summed E-state index contributed by atoms with van der Waals surface area (Å²) in [4.78, 5) is 4.06. The third-order valence-electron chi connectivity index (χ3n) is 2.39. The van der Waals surface area contributed by atoms with E-state index in [9.17, 15) is 13.2 Å². The van der Waals surface area contributed by atoms with Gasteiger partial charge in [-0.2, -0.15) is 13.2 Å². The molecule has 110 valence electrons. The normalized spacial score (nSPS) is 13.9. The maximum absolute atomic E-state index is 13.0. The van der Waals surface area contributed by atoms with Crippen LogP contribution in [-0.4, -0.2) is 10.5 Å². The lowest BCUT2D eigenvalue weighted by atomic mass is 9.98. The zero-order valence-corrected chi connectivity index (χ0v) is 13.0. The predicted octanol–water partition coefficient (Wildman–Crippen LogP) is 4.35. The molecule has 0 atom stereocenters. The first-order chi connectivity index (χ1) is 8.31. The lowest BCUT2D eigenvalue weighted by Gasteiger charge is -2.20. The van der Waals surface area contributed by atoms with Gasteiger partial charge in [-0.3, -0.25) is 0 Å². The molecule has 0 aliphatic rings. The molecule has 1 aromatic rings. The number of hydrogen-bond acceptors (Lipinski definition) is 3. The van der Waals surface area contributed by atoms with Gasteiger partial charge in [0.2, 0.25) is 0 Å². The number of hydrogen-bond donors (Lipinski definition) is 1. The van der Waals surface area contributed by atoms with Gasteiger partial charge in [-0.1, -0.05) is 20.8 Å². The molecule has 0 radical (unpaired) electrons. The molecule has 1 aromatic heterocycles. The molecular weight excluding hydrogens is 273 g/mol. The van der Waals surface area contributed by atoms with Crippen LogP contribution in [0.25, 0.3) is 0 Å². The van der Waals surface area contributed by atoms with E-state index in [0.29, 0.717) is 5.01 Å². The summed E-state index contributed by atoms with van der Waals surface area (Å²) in [5.41, 5.74) is -1.35. The van der Waals surface area contributed by atoms with Crippen molar-refractivity contribution in [3.8, 4) is 0 Å². The molecule has 0 aliphatic carbocycles. The quantitative estimate of drug-likeness (QED) is 0.877. The summed E-state index contributed by atoms with van der Waals surface area (Å²) >= 11 is 1.14. The minimum atomic E-state index is -4.39. The van der Waals surface area contributed by atoms with E-state index in [1.165, 1.54) is 0 Å². The molecule has 1 rings (SSSR count). The summed E-state index contributed by atoms with van der Waals surface area (Å²) in [5.74, 6) is 0. The van der Waals surface area contributed by atoms with Crippen LogP contribution in [0.5, 0.6) is 0 Å². The van der Waals surface area contributed by atoms with Crippen LogP contribution in [0.3, 0.4) is 0 Å². The number of aromatic nitrogens is 1. The lowest BCUT2D eigenvalue weighted by Crippen LogP contribution is -2.35.